The van der Waals surface area contributed by atoms with Crippen LogP contribution in [0.5, 0.6) is 0 Å². The van der Waals surface area contributed by atoms with Gasteiger partial charge in [0.05, 0.1) is 13.2 Å². The van der Waals surface area contributed by atoms with Gasteiger partial charge in [0.2, 0.25) is 0 Å². The average molecular weight is 166 g/mol. The monoisotopic (exact) mass is 166 g/mol. The minimum absolute atomic E-state index is 0.648. The van der Waals surface area contributed by atoms with E-state index in [1.807, 2.05) is 25.4 Å². The van der Waals surface area contributed by atoms with Crippen LogP contribution in [0.1, 0.15) is 5.56 Å². The van der Waals surface area contributed by atoms with Gasteiger partial charge in [0.15, 0.2) is 0 Å². The molecule has 0 radical (unpaired) electrons. The Bertz CT molecular complexity index is 201. The number of rotatable bonds is 5. The normalized spacial score (nSPS) is 10.1. The van der Waals surface area contributed by atoms with Crippen LogP contribution in [0.3, 0.4) is 0 Å². The average Bonchev–Trinajstić information content (AvgIpc) is 2.14. The third-order valence-electron chi connectivity index (χ3n) is 1.49. The third kappa shape index (κ3) is 3.46. The predicted octanol–water partition coefficient (Wildman–Crippen LogP) is 0.818. The first-order valence-electron chi connectivity index (χ1n) is 4.04. The molecular formula is C9H14N2O. The number of pyridine rings is 1. The van der Waals surface area contributed by atoms with Gasteiger partial charge in [-0.05, 0) is 18.7 Å². The summed E-state index contributed by atoms with van der Waals surface area (Å²) < 4.78 is 5.36. The molecule has 0 fully saturated rings. The summed E-state index contributed by atoms with van der Waals surface area (Å²) in [6.07, 6.45) is 3.58. The van der Waals surface area contributed by atoms with Crippen molar-refractivity contribution in [3.05, 3.63) is 30.1 Å². The highest BCUT2D eigenvalue weighted by Crippen LogP contribution is 1.96. The van der Waals surface area contributed by atoms with Gasteiger partial charge in [0.1, 0.15) is 0 Å². The molecule has 12 heavy (non-hydrogen) atoms. The van der Waals surface area contributed by atoms with Gasteiger partial charge >= 0.3 is 0 Å². The fraction of sp³-hybridized carbons (Fsp3) is 0.444. The van der Waals surface area contributed by atoms with Crippen LogP contribution >= 0.6 is 0 Å². The van der Waals surface area contributed by atoms with Crippen molar-refractivity contribution in [2.45, 2.75) is 6.61 Å². The van der Waals surface area contributed by atoms with E-state index in [1.54, 1.807) is 6.20 Å². The van der Waals surface area contributed by atoms with Crippen molar-refractivity contribution in [2.75, 3.05) is 20.2 Å². The molecule has 3 heteroatoms. The zero-order chi connectivity index (χ0) is 8.65. The molecule has 0 saturated carbocycles. The van der Waals surface area contributed by atoms with E-state index < -0.39 is 0 Å². The molecule has 1 N–H and O–H groups in total. The molecule has 0 saturated heterocycles. The molecule has 1 heterocycles. The van der Waals surface area contributed by atoms with E-state index in [2.05, 4.69) is 10.3 Å². The lowest BCUT2D eigenvalue weighted by Crippen LogP contribution is -2.13. The fourth-order valence-electron chi connectivity index (χ4n) is 0.848. The topological polar surface area (TPSA) is 34.1 Å². The third-order valence-corrected chi connectivity index (χ3v) is 1.49. The molecule has 0 aromatic carbocycles. The van der Waals surface area contributed by atoms with Gasteiger partial charge in [-0.3, -0.25) is 4.98 Å². The Morgan fingerprint density at radius 2 is 2.50 bits per heavy atom. The van der Waals surface area contributed by atoms with Crippen LogP contribution in [0.2, 0.25) is 0 Å². The largest absolute Gasteiger partial charge is 0.375 e. The van der Waals surface area contributed by atoms with Crippen LogP contribution in [0.25, 0.3) is 0 Å². The Morgan fingerprint density at radius 3 is 3.17 bits per heavy atom. The maximum atomic E-state index is 5.36. The summed E-state index contributed by atoms with van der Waals surface area (Å²) in [6.45, 7) is 2.28. The first kappa shape index (κ1) is 9.16. The molecule has 0 aliphatic carbocycles. The molecule has 0 aliphatic heterocycles. The maximum Gasteiger partial charge on any atom is 0.0732 e. The zero-order valence-electron chi connectivity index (χ0n) is 7.29. The van der Waals surface area contributed by atoms with Crippen LogP contribution < -0.4 is 5.32 Å². The predicted molar refractivity (Wildman–Crippen MR) is 47.8 cm³/mol. The first-order valence-corrected chi connectivity index (χ1v) is 4.04. The highest BCUT2D eigenvalue weighted by Gasteiger charge is 1.90. The Balaban J connectivity index is 2.16. The second kappa shape index (κ2) is 5.69. The smallest absolute Gasteiger partial charge is 0.0732 e. The number of nitrogens with one attached hydrogen (secondary N) is 1. The minimum Gasteiger partial charge on any atom is -0.375 e. The molecule has 0 amide bonds. The van der Waals surface area contributed by atoms with E-state index >= 15 is 0 Å². The van der Waals surface area contributed by atoms with E-state index in [0.717, 1.165) is 18.7 Å². The molecule has 3 nitrogen and oxygen atoms in total. The van der Waals surface area contributed by atoms with Gasteiger partial charge in [-0.15, -0.1) is 0 Å². The van der Waals surface area contributed by atoms with E-state index in [0.29, 0.717) is 6.61 Å². The summed E-state index contributed by atoms with van der Waals surface area (Å²) >= 11 is 0. The molecule has 0 spiro atoms. The van der Waals surface area contributed by atoms with Crippen molar-refractivity contribution < 1.29 is 4.74 Å². The molecule has 1 rings (SSSR count). The van der Waals surface area contributed by atoms with Gasteiger partial charge in [-0.25, -0.2) is 0 Å². The molecule has 0 unspecified atom stereocenters. The van der Waals surface area contributed by atoms with Crippen LogP contribution in [0.4, 0.5) is 0 Å². The van der Waals surface area contributed by atoms with Crippen molar-refractivity contribution in [1.29, 1.82) is 0 Å². The molecule has 1 aromatic rings. The molecule has 0 aliphatic rings. The van der Waals surface area contributed by atoms with Crippen molar-refractivity contribution in [3.63, 3.8) is 0 Å². The molecule has 66 valence electrons. The van der Waals surface area contributed by atoms with Crippen LogP contribution in [0, 0.1) is 0 Å². The number of ether oxygens (including phenoxy) is 1. The van der Waals surface area contributed by atoms with Crippen molar-refractivity contribution >= 4 is 0 Å². The molecule has 0 bridgehead atoms. The second-order valence-electron chi connectivity index (χ2n) is 2.52. The van der Waals surface area contributed by atoms with Gasteiger partial charge in [-0.1, -0.05) is 6.07 Å². The molecule has 0 atom stereocenters. The number of hydrogen-bond donors (Lipinski definition) is 1. The molecular weight excluding hydrogens is 152 g/mol. The maximum absolute atomic E-state index is 5.36. The van der Waals surface area contributed by atoms with E-state index in [4.69, 9.17) is 4.74 Å². The van der Waals surface area contributed by atoms with Gasteiger partial charge in [0, 0.05) is 18.9 Å². The Kier molecular flexibility index (Phi) is 4.34. The van der Waals surface area contributed by atoms with Crippen LogP contribution in [0.15, 0.2) is 24.5 Å². The number of nitrogens with zero attached hydrogens (tertiary/aromatic N) is 1. The SMILES string of the molecule is CNCCOCc1cccnc1. The fourth-order valence-corrected chi connectivity index (χ4v) is 0.848. The van der Waals surface area contributed by atoms with Gasteiger partial charge in [0.25, 0.3) is 0 Å². The highest BCUT2D eigenvalue weighted by molar-refractivity contribution is 5.06. The van der Waals surface area contributed by atoms with Crippen molar-refractivity contribution in [1.82, 2.24) is 10.3 Å². The number of aromatic nitrogens is 1. The summed E-state index contributed by atoms with van der Waals surface area (Å²) in [7, 11) is 1.91. The summed E-state index contributed by atoms with van der Waals surface area (Å²) in [5.74, 6) is 0. The number of hydrogen-bond acceptors (Lipinski definition) is 3. The lowest BCUT2D eigenvalue weighted by molar-refractivity contribution is 0.124. The summed E-state index contributed by atoms with van der Waals surface area (Å²) in [5.41, 5.74) is 1.12. The molecule has 1 aromatic heterocycles. The Morgan fingerprint density at radius 1 is 1.58 bits per heavy atom. The zero-order valence-corrected chi connectivity index (χ0v) is 7.29. The minimum atomic E-state index is 0.648. The number of likely N-dealkylation sites (N-methyl/N-ethyl adjacent to an activating group) is 1. The van der Waals surface area contributed by atoms with E-state index in [9.17, 15) is 0 Å². The van der Waals surface area contributed by atoms with Crippen molar-refractivity contribution in [3.8, 4) is 0 Å². The Hall–Kier alpha value is -0.930. The lowest BCUT2D eigenvalue weighted by atomic mass is 10.3. The van der Waals surface area contributed by atoms with E-state index in [-0.39, 0.29) is 0 Å². The van der Waals surface area contributed by atoms with E-state index in [1.165, 1.54) is 0 Å². The van der Waals surface area contributed by atoms with Crippen LogP contribution in [-0.4, -0.2) is 25.2 Å². The van der Waals surface area contributed by atoms with Gasteiger partial charge < -0.3 is 10.1 Å². The summed E-state index contributed by atoms with van der Waals surface area (Å²) in [5, 5.41) is 3.01. The highest BCUT2D eigenvalue weighted by atomic mass is 16.5. The summed E-state index contributed by atoms with van der Waals surface area (Å²) in [4.78, 5) is 3.99. The van der Waals surface area contributed by atoms with Crippen LogP contribution in [-0.2, 0) is 11.3 Å². The summed E-state index contributed by atoms with van der Waals surface area (Å²) in [6, 6.07) is 3.92. The lowest BCUT2D eigenvalue weighted by Gasteiger charge is -2.02. The Labute approximate surface area is 72.8 Å². The second-order valence-corrected chi connectivity index (χ2v) is 2.52. The first-order chi connectivity index (χ1) is 5.93. The quantitative estimate of drug-likeness (QED) is 0.657. The standard InChI is InChI=1S/C9H14N2O/c1-10-5-6-12-8-9-3-2-4-11-7-9/h2-4,7,10H,5-6,8H2,1H3. The van der Waals surface area contributed by atoms with Gasteiger partial charge in [-0.2, -0.15) is 0 Å². The van der Waals surface area contributed by atoms with Crippen molar-refractivity contribution in [2.24, 2.45) is 0 Å².